The van der Waals surface area contributed by atoms with Crippen LogP contribution in [0.25, 0.3) is 0 Å². The van der Waals surface area contributed by atoms with Gasteiger partial charge in [0.05, 0.1) is 126 Å². The predicted molar refractivity (Wildman–Crippen MR) is 195 cm³/mol. The highest BCUT2D eigenvalue weighted by molar-refractivity contribution is 6.99. The quantitative estimate of drug-likeness (QED) is 0.0875. The van der Waals surface area contributed by atoms with Crippen LogP contribution in [0.1, 0.15) is 20.8 Å². The van der Waals surface area contributed by atoms with Crippen molar-refractivity contribution < 1.29 is 47.1 Å². The lowest BCUT2D eigenvalue weighted by Gasteiger charge is -2.43. The Morgan fingerprint density at radius 2 is 0.673 bits per heavy atom. The van der Waals surface area contributed by atoms with Crippen molar-refractivity contribution in [1.29, 1.82) is 0 Å². The molecule has 0 atom stereocenters. The van der Waals surface area contributed by atoms with Crippen molar-refractivity contribution in [2.24, 2.45) is 0 Å². The maximum Gasteiger partial charge on any atom is 0.261 e. The summed E-state index contributed by atoms with van der Waals surface area (Å²) in [6, 6.07) is 21.3. The molecule has 0 aliphatic rings. The van der Waals surface area contributed by atoms with Crippen LogP contribution in [0.15, 0.2) is 60.7 Å². The second kappa shape index (κ2) is 28.9. The zero-order chi connectivity index (χ0) is 35.1. The standard InChI is InChI=1S/C37H63NO10Si/c1-37(2,3)49(35-11-7-5-8-12-35,36-13-9-6-10-14-36)48-34-33-47-32-31-46-30-29-45-28-27-44-26-25-43-24-23-42-22-21-41-20-19-40-18-17-39-16-15-38-4/h5-14,38H,15-34H2,1-4H3. The van der Waals surface area contributed by atoms with Gasteiger partial charge in [0.25, 0.3) is 8.32 Å². The normalized spacial score (nSPS) is 12.2. The molecule has 0 radical (unpaired) electrons. The fourth-order valence-corrected chi connectivity index (χ4v) is 9.60. The fourth-order valence-electron chi connectivity index (χ4n) is 5.05. The number of ether oxygens (including phenoxy) is 9. The Labute approximate surface area is 296 Å². The van der Waals surface area contributed by atoms with Crippen molar-refractivity contribution in [3.05, 3.63) is 60.7 Å². The molecule has 0 saturated carbocycles. The van der Waals surface area contributed by atoms with Crippen LogP contribution in [0.4, 0.5) is 0 Å². The highest BCUT2D eigenvalue weighted by atomic mass is 28.4. The van der Waals surface area contributed by atoms with Gasteiger partial charge in [0.1, 0.15) is 0 Å². The second-order valence-corrected chi connectivity index (χ2v) is 16.4. The number of hydrogen-bond donors (Lipinski definition) is 1. The third-order valence-electron chi connectivity index (χ3n) is 7.44. The van der Waals surface area contributed by atoms with Gasteiger partial charge in [0.15, 0.2) is 0 Å². The van der Waals surface area contributed by atoms with Gasteiger partial charge in [-0.2, -0.15) is 0 Å². The molecule has 0 fully saturated rings. The van der Waals surface area contributed by atoms with Crippen molar-refractivity contribution in [1.82, 2.24) is 5.32 Å². The Morgan fingerprint density at radius 3 is 0.939 bits per heavy atom. The van der Waals surface area contributed by atoms with Gasteiger partial charge in [0.2, 0.25) is 0 Å². The summed E-state index contributed by atoms with van der Waals surface area (Å²) in [5.41, 5.74) is 0. The topological polar surface area (TPSA) is 104 Å². The molecule has 0 aliphatic carbocycles. The van der Waals surface area contributed by atoms with Crippen LogP contribution in [0.5, 0.6) is 0 Å². The van der Waals surface area contributed by atoms with Gasteiger partial charge in [0, 0.05) is 6.54 Å². The summed E-state index contributed by atoms with van der Waals surface area (Å²) in [6.07, 6.45) is 0. The van der Waals surface area contributed by atoms with E-state index in [1.165, 1.54) is 10.4 Å². The van der Waals surface area contributed by atoms with Crippen LogP contribution >= 0.6 is 0 Å². The summed E-state index contributed by atoms with van der Waals surface area (Å²) >= 11 is 0. The maximum absolute atomic E-state index is 6.84. The van der Waals surface area contributed by atoms with E-state index in [4.69, 9.17) is 47.1 Å². The minimum atomic E-state index is -2.53. The van der Waals surface area contributed by atoms with Crippen LogP contribution < -0.4 is 15.7 Å². The molecule has 1 N–H and O–H groups in total. The van der Waals surface area contributed by atoms with Crippen molar-refractivity contribution in [3.63, 3.8) is 0 Å². The molecule has 0 saturated heterocycles. The van der Waals surface area contributed by atoms with E-state index in [9.17, 15) is 0 Å². The molecular weight excluding hydrogens is 646 g/mol. The van der Waals surface area contributed by atoms with Gasteiger partial charge in [-0.05, 0) is 22.5 Å². The van der Waals surface area contributed by atoms with Gasteiger partial charge in [-0.1, -0.05) is 81.4 Å². The van der Waals surface area contributed by atoms with Crippen LogP contribution in [0.2, 0.25) is 5.04 Å². The van der Waals surface area contributed by atoms with Crippen molar-refractivity contribution in [2.75, 3.05) is 139 Å². The van der Waals surface area contributed by atoms with E-state index >= 15 is 0 Å². The van der Waals surface area contributed by atoms with Crippen molar-refractivity contribution >= 4 is 18.7 Å². The highest BCUT2D eigenvalue weighted by Gasteiger charge is 2.50. The molecule has 2 aromatic rings. The molecule has 11 nitrogen and oxygen atoms in total. The smallest absolute Gasteiger partial charge is 0.261 e. The largest absolute Gasteiger partial charge is 0.405 e. The van der Waals surface area contributed by atoms with Crippen LogP contribution in [-0.2, 0) is 47.1 Å². The number of benzene rings is 2. The Hall–Kier alpha value is -1.78. The zero-order valence-electron chi connectivity index (χ0n) is 30.5. The van der Waals surface area contributed by atoms with E-state index in [-0.39, 0.29) is 5.04 Å². The van der Waals surface area contributed by atoms with Gasteiger partial charge in [-0.3, -0.25) is 0 Å². The average molecular weight is 710 g/mol. The van der Waals surface area contributed by atoms with E-state index in [0.29, 0.717) is 126 Å². The van der Waals surface area contributed by atoms with E-state index in [1.807, 2.05) is 7.05 Å². The van der Waals surface area contributed by atoms with Crippen LogP contribution in [-0.4, -0.2) is 147 Å². The molecule has 0 unspecified atom stereocenters. The van der Waals surface area contributed by atoms with E-state index < -0.39 is 8.32 Å². The first-order valence-corrected chi connectivity index (χ1v) is 19.5. The average Bonchev–Trinajstić information content (AvgIpc) is 3.11. The molecular formula is C37H63NO10Si. The lowest BCUT2D eigenvalue weighted by Crippen LogP contribution is -2.66. The van der Waals surface area contributed by atoms with Gasteiger partial charge in [-0.15, -0.1) is 0 Å². The summed E-state index contributed by atoms with van der Waals surface area (Å²) < 4.78 is 56.7. The highest BCUT2D eigenvalue weighted by Crippen LogP contribution is 2.36. The van der Waals surface area contributed by atoms with Gasteiger partial charge in [-0.25, -0.2) is 0 Å². The second-order valence-electron chi connectivity index (χ2n) is 12.1. The first kappa shape index (κ1) is 43.4. The monoisotopic (exact) mass is 709 g/mol. The molecule has 2 aromatic carbocycles. The first-order chi connectivity index (χ1) is 24.0. The van der Waals surface area contributed by atoms with Crippen molar-refractivity contribution in [3.8, 4) is 0 Å². The SMILES string of the molecule is CNCCOCCOCCOCCOCCOCCOCCOCCOCCOCCO[Si](c1ccccc1)(c1ccccc1)C(C)(C)C. The molecule has 0 amide bonds. The van der Waals surface area contributed by atoms with Crippen LogP contribution in [0, 0.1) is 0 Å². The first-order valence-electron chi connectivity index (χ1n) is 17.6. The third kappa shape index (κ3) is 19.4. The minimum Gasteiger partial charge on any atom is -0.405 e. The molecule has 0 spiro atoms. The Balaban J connectivity index is 1.36. The lowest BCUT2D eigenvalue weighted by molar-refractivity contribution is -0.0253. The summed E-state index contributed by atoms with van der Waals surface area (Å²) in [5.74, 6) is 0. The zero-order valence-corrected chi connectivity index (χ0v) is 31.5. The van der Waals surface area contributed by atoms with E-state index in [1.54, 1.807) is 0 Å². The summed E-state index contributed by atoms with van der Waals surface area (Å²) in [6.45, 7) is 17.9. The number of rotatable bonds is 33. The minimum absolute atomic E-state index is 0.0526. The predicted octanol–water partition coefficient (Wildman–Crippen LogP) is 2.93. The number of hydrogen-bond acceptors (Lipinski definition) is 11. The Bertz CT molecular complexity index is 960. The molecule has 0 bridgehead atoms. The van der Waals surface area contributed by atoms with Crippen molar-refractivity contribution in [2.45, 2.75) is 25.8 Å². The molecule has 12 heteroatoms. The molecule has 280 valence electrons. The molecule has 0 heterocycles. The van der Waals surface area contributed by atoms with Gasteiger partial charge < -0.3 is 52.4 Å². The number of nitrogens with one attached hydrogen (secondary N) is 1. The molecule has 0 aliphatic heterocycles. The fraction of sp³-hybridized carbons (Fsp3) is 0.676. The maximum atomic E-state index is 6.84. The summed E-state index contributed by atoms with van der Waals surface area (Å²) in [7, 11) is -0.634. The summed E-state index contributed by atoms with van der Waals surface area (Å²) in [5, 5.41) is 5.51. The van der Waals surface area contributed by atoms with Crippen LogP contribution in [0.3, 0.4) is 0 Å². The van der Waals surface area contributed by atoms with Gasteiger partial charge >= 0.3 is 0 Å². The van der Waals surface area contributed by atoms with E-state index in [0.717, 1.165) is 6.54 Å². The van der Waals surface area contributed by atoms with E-state index in [2.05, 4.69) is 86.8 Å². The molecule has 0 aromatic heterocycles. The molecule has 2 rings (SSSR count). The lowest BCUT2D eigenvalue weighted by atomic mass is 10.2. The summed E-state index contributed by atoms with van der Waals surface area (Å²) in [4.78, 5) is 0. The third-order valence-corrected chi connectivity index (χ3v) is 12.5. The number of likely N-dealkylation sites (N-methyl/N-ethyl adjacent to an activating group) is 1. The molecule has 49 heavy (non-hydrogen) atoms. The Kier molecular flexibility index (Phi) is 25.6. The Morgan fingerprint density at radius 1 is 0.408 bits per heavy atom.